The van der Waals surface area contributed by atoms with Gasteiger partial charge >= 0.3 is 0 Å². The normalized spacial score (nSPS) is 15.6. The lowest BCUT2D eigenvalue weighted by Crippen LogP contribution is -2.21. The largest absolute Gasteiger partial charge is 0.388 e. The van der Waals surface area contributed by atoms with E-state index >= 15 is 0 Å². The van der Waals surface area contributed by atoms with Gasteiger partial charge in [-0.1, -0.05) is 37.3 Å². The molecule has 0 saturated heterocycles. The molecule has 0 spiro atoms. The minimum absolute atomic E-state index is 0.0686. The Morgan fingerprint density at radius 2 is 1.67 bits per heavy atom. The van der Waals surface area contributed by atoms with Crippen LogP contribution in [-0.4, -0.2) is 24.5 Å². The average molecular weight is 270 g/mol. The summed E-state index contributed by atoms with van der Waals surface area (Å²) in [6, 6.07) is 9.35. The van der Waals surface area contributed by atoms with Gasteiger partial charge in [-0.05, 0) is 31.7 Å². The van der Waals surface area contributed by atoms with Crippen molar-refractivity contribution in [3.8, 4) is 0 Å². The Morgan fingerprint density at radius 1 is 1.11 bits per heavy atom. The topological polar surface area (TPSA) is 54.4 Å². The SMILES string of the molecule is CC(CCS(=O)(=O)C(C)C)C(O)c1ccccc1. The van der Waals surface area contributed by atoms with Crippen LogP contribution in [0.4, 0.5) is 0 Å². The van der Waals surface area contributed by atoms with Gasteiger partial charge in [0.1, 0.15) is 0 Å². The third-order valence-electron chi connectivity index (χ3n) is 3.26. The van der Waals surface area contributed by atoms with Crippen LogP contribution in [0.5, 0.6) is 0 Å². The molecule has 18 heavy (non-hydrogen) atoms. The molecule has 4 heteroatoms. The van der Waals surface area contributed by atoms with Gasteiger partial charge < -0.3 is 5.11 Å². The van der Waals surface area contributed by atoms with Crippen molar-refractivity contribution >= 4 is 9.84 Å². The molecule has 0 aliphatic rings. The van der Waals surface area contributed by atoms with Gasteiger partial charge in [-0.2, -0.15) is 0 Å². The molecule has 0 amide bonds. The molecule has 1 aromatic carbocycles. The standard InChI is InChI=1S/C14H22O3S/c1-11(2)18(16,17)10-9-12(3)14(15)13-7-5-4-6-8-13/h4-8,11-12,14-15H,9-10H2,1-3H3. The fourth-order valence-corrected chi connectivity index (χ4v) is 2.89. The van der Waals surface area contributed by atoms with Crippen LogP contribution in [0.2, 0.25) is 0 Å². The third-order valence-corrected chi connectivity index (χ3v) is 5.50. The first-order chi connectivity index (χ1) is 8.34. The maximum atomic E-state index is 11.7. The van der Waals surface area contributed by atoms with Crippen molar-refractivity contribution in [1.29, 1.82) is 0 Å². The predicted molar refractivity (Wildman–Crippen MR) is 74.1 cm³/mol. The summed E-state index contributed by atoms with van der Waals surface area (Å²) in [6.07, 6.45) is -0.120. The van der Waals surface area contributed by atoms with Crippen LogP contribution >= 0.6 is 0 Å². The summed E-state index contributed by atoms with van der Waals surface area (Å²) >= 11 is 0. The monoisotopic (exact) mass is 270 g/mol. The number of aliphatic hydroxyl groups is 1. The maximum Gasteiger partial charge on any atom is 0.152 e. The zero-order chi connectivity index (χ0) is 13.8. The van der Waals surface area contributed by atoms with Gasteiger partial charge in [0.2, 0.25) is 0 Å². The van der Waals surface area contributed by atoms with E-state index in [1.807, 2.05) is 37.3 Å². The Hall–Kier alpha value is -0.870. The van der Waals surface area contributed by atoms with Crippen LogP contribution in [0.1, 0.15) is 38.9 Å². The van der Waals surface area contributed by atoms with Gasteiger partial charge in [-0.25, -0.2) is 8.42 Å². The molecule has 0 bridgehead atoms. The van der Waals surface area contributed by atoms with Crippen LogP contribution in [-0.2, 0) is 9.84 Å². The van der Waals surface area contributed by atoms with E-state index in [0.29, 0.717) is 6.42 Å². The summed E-state index contributed by atoms with van der Waals surface area (Å²) < 4.78 is 23.4. The summed E-state index contributed by atoms with van der Waals surface area (Å²) in [6.45, 7) is 5.26. The van der Waals surface area contributed by atoms with Crippen molar-refractivity contribution in [2.24, 2.45) is 5.92 Å². The van der Waals surface area contributed by atoms with Gasteiger partial charge in [-0.3, -0.25) is 0 Å². The predicted octanol–water partition coefficient (Wildman–Crippen LogP) is 2.57. The second kappa shape index (κ2) is 6.34. The van der Waals surface area contributed by atoms with Gasteiger partial charge in [0.25, 0.3) is 0 Å². The third kappa shape index (κ3) is 4.10. The molecule has 0 radical (unpaired) electrons. The summed E-state index contributed by atoms with van der Waals surface area (Å²) in [7, 11) is -3.02. The molecule has 3 nitrogen and oxygen atoms in total. The van der Waals surface area contributed by atoms with Crippen molar-refractivity contribution < 1.29 is 13.5 Å². The maximum absolute atomic E-state index is 11.7. The van der Waals surface area contributed by atoms with E-state index in [4.69, 9.17) is 0 Å². The van der Waals surface area contributed by atoms with E-state index in [-0.39, 0.29) is 16.9 Å². The smallest absolute Gasteiger partial charge is 0.152 e. The van der Waals surface area contributed by atoms with E-state index in [9.17, 15) is 13.5 Å². The molecule has 0 aliphatic carbocycles. The van der Waals surface area contributed by atoms with Gasteiger partial charge in [0.05, 0.1) is 17.1 Å². The average Bonchev–Trinajstić information content (AvgIpc) is 2.36. The first kappa shape index (κ1) is 15.2. The van der Waals surface area contributed by atoms with Crippen molar-refractivity contribution in [3.63, 3.8) is 0 Å². The molecule has 0 fully saturated rings. The highest BCUT2D eigenvalue weighted by atomic mass is 32.2. The lowest BCUT2D eigenvalue weighted by atomic mass is 9.95. The number of hydrogen-bond acceptors (Lipinski definition) is 3. The van der Waals surface area contributed by atoms with E-state index in [0.717, 1.165) is 5.56 Å². The number of sulfone groups is 1. The number of hydrogen-bond donors (Lipinski definition) is 1. The fourth-order valence-electron chi connectivity index (χ4n) is 1.72. The molecule has 0 aromatic heterocycles. The summed E-state index contributed by atoms with van der Waals surface area (Å²) in [5.41, 5.74) is 0.840. The Labute approximate surface area is 110 Å². The van der Waals surface area contributed by atoms with Crippen molar-refractivity contribution in [1.82, 2.24) is 0 Å². The molecular weight excluding hydrogens is 248 g/mol. The molecule has 102 valence electrons. The Morgan fingerprint density at radius 3 is 2.17 bits per heavy atom. The van der Waals surface area contributed by atoms with Crippen molar-refractivity contribution in [2.45, 2.75) is 38.5 Å². The summed E-state index contributed by atoms with van der Waals surface area (Å²) in [5.74, 6) is 0.0661. The molecule has 0 heterocycles. The molecule has 1 rings (SSSR count). The van der Waals surface area contributed by atoms with Crippen LogP contribution in [0.25, 0.3) is 0 Å². The Kier molecular flexibility index (Phi) is 5.35. The minimum atomic E-state index is -3.02. The zero-order valence-corrected chi connectivity index (χ0v) is 12.0. The van der Waals surface area contributed by atoms with Crippen LogP contribution in [0.3, 0.4) is 0 Å². The highest BCUT2D eigenvalue weighted by Crippen LogP contribution is 2.24. The highest BCUT2D eigenvalue weighted by molar-refractivity contribution is 7.91. The summed E-state index contributed by atoms with van der Waals surface area (Å²) in [4.78, 5) is 0. The van der Waals surface area contributed by atoms with Crippen LogP contribution in [0.15, 0.2) is 30.3 Å². The minimum Gasteiger partial charge on any atom is -0.388 e. The molecule has 0 saturated carbocycles. The van der Waals surface area contributed by atoms with Gasteiger partial charge in [0.15, 0.2) is 9.84 Å². The van der Waals surface area contributed by atoms with E-state index in [2.05, 4.69) is 0 Å². The van der Waals surface area contributed by atoms with E-state index in [1.165, 1.54) is 0 Å². The second-order valence-electron chi connectivity index (χ2n) is 5.04. The van der Waals surface area contributed by atoms with Gasteiger partial charge in [0, 0.05) is 0 Å². The quantitative estimate of drug-likeness (QED) is 0.864. The highest BCUT2D eigenvalue weighted by Gasteiger charge is 2.21. The molecule has 2 atom stereocenters. The molecule has 0 aliphatic heterocycles. The Bertz CT molecular complexity index is 451. The molecule has 1 aromatic rings. The molecule has 1 N–H and O–H groups in total. The van der Waals surface area contributed by atoms with Gasteiger partial charge in [-0.15, -0.1) is 0 Å². The van der Waals surface area contributed by atoms with Crippen LogP contribution in [0, 0.1) is 5.92 Å². The summed E-state index contributed by atoms with van der Waals surface area (Å²) in [5, 5.41) is 9.78. The Balaban J connectivity index is 2.59. The fraction of sp³-hybridized carbons (Fsp3) is 0.571. The first-order valence-electron chi connectivity index (χ1n) is 6.29. The second-order valence-corrected chi connectivity index (χ2v) is 7.71. The zero-order valence-electron chi connectivity index (χ0n) is 11.2. The van der Waals surface area contributed by atoms with E-state index in [1.54, 1.807) is 13.8 Å². The number of rotatable bonds is 6. The molecule has 2 unspecified atom stereocenters. The number of benzene rings is 1. The van der Waals surface area contributed by atoms with Crippen LogP contribution < -0.4 is 0 Å². The number of aliphatic hydroxyl groups excluding tert-OH is 1. The lowest BCUT2D eigenvalue weighted by molar-refractivity contribution is 0.116. The lowest BCUT2D eigenvalue weighted by Gasteiger charge is -2.19. The van der Waals surface area contributed by atoms with Crippen molar-refractivity contribution in [2.75, 3.05) is 5.75 Å². The van der Waals surface area contributed by atoms with E-state index < -0.39 is 15.9 Å². The first-order valence-corrected chi connectivity index (χ1v) is 8.00. The molecular formula is C14H22O3S. The van der Waals surface area contributed by atoms with Crippen molar-refractivity contribution in [3.05, 3.63) is 35.9 Å².